The number of amides is 2. The minimum atomic E-state index is -0.676. The number of hydrogen-bond donors (Lipinski definition) is 1. The highest BCUT2D eigenvalue weighted by atomic mass is 35.5. The van der Waals surface area contributed by atoms with Crippen LogP contribution in [0.3, 0.4) is 0 Å². The van der Waals surface area contributed by atoms with Gasteiger partial charge in [0.25, 0.3) is 0 Å². The van der Waals surface area contributed by atoms with Crippen molar-refractivity contribution in [2.75, 3.05) is 10.6 Å². The molecule has 1 saturated heterocycles. The highest BCUT2D eigenvalue weighted by molar-refractivity contribution is 6.36. The lowest BCUT2D eigenvalue weighted by Gasteiger charge is -2.26. The lowest BCUT2D eigenvalue weighted by atomic mass is 9.78. The van der Waals surface area contributed by atoms with Crippen molar-refractivity contribution in [3.8, 4) is 0 Å². The van der Waals surface area contributed by atoms with Crippen molar-refractivity contribution in [1.82, 2.24) is 0 Å². The Kier molecular flexibility index (Phi) is 3.31. The van der Waals surface area contributed by atoms with E-state index < -0.39 is 5.41 Å². The van der Waals surface area contributed by atoms with E-state index >= 15 is 0 Å². The van der Waals surface area contributed by atoms with Gasteiger partial charge in [-0.05, 0) is 31.0 Å². The maximum atomic E-state index is 12.5. The van der Waals surface area contributed by atoms with E-state index in [4.69, 9.17) is 17.3 Å². The summed E-state index contributed by atoms with van der Waals surface area (Å²) < 4.78 is 0. The third-order valence-electron chi connectivity index (χ3n) is 3.94. The number of imide groups is 1. The molecule has 0 aromatic heterocycles. The monoisotopic (exact) mass is 280 g/mol. The Bertz CT molecular complexity index is 556. The smallest absolute Gasteiger partial charge is 0.240 e. The van der Waals surface area contributed by atoms with E-state index in [0.29, 0.717) is 16.4 Å². The molecule has 0 bridgehead atoms. The van der Waals surface area contributed by atoms with E-state index in [9.17, 15) is 9.59 Å². The van der Waals surface area contributed by atoms with Gasteiger partial charge in [-0.3, -0.25) is 9.59 Å². The van der Waals surface area contributed by atoms with Gasteiger partial charge in [-0.1, -0.05) is 25.4 Å². The summed E-state index contributed by atoms with van der Waals surface area (Å²) in [6.07, 6.45) is 0.203. The van der Waals surface area contributed by atoms with Crippen molar-refractivity contribution in [3.63, 3.8) is 0 Å². The van der Waals surface area contributed by atoms with Gasteiger partial charge in [-0.2, -0.15) is 0 Å². The lowest BCUT2D eigenvalue weighted by Crippen LogP contribution is -2.37. The number of nitrogen functional groups attached to an aromatic ring is 1. The molecule has 1 atom stereocenters. The Balaban J connectivity index is 2.49. The zero-order valence-corrected chi connectivity index (χ0v) is 12.0. The molecule has 1 aliphatic rings. The fourth-order valence-electron chi connectivity index (χ4n) is 2.23. The van der Waals surface area contributed by atoms with Crippen LogP contribution in [0.25, 0.3) is 0 Å². The predicted octanol–water partition coefficient (Wildman–Crippen LogP) is 2.85. The number of benzene rings is 1. The molecule has 1 aromatic rings. The molecule has 1 aromatic carbocycles. The van der Waals surface area contributed by atoms with Crippen LogP contribution in [0.4, 0.5) is 11.4 Å². The number of nitrogens with two attached hydrogens (primary N) is 1. The van der Waals surface area contributed by atoms with Crippen molar-refractivity contribution in [1.29, 1.82) is 0 Å². The maximum absolute atomic E-state index is 12.5. The van der Waals surface area contributed by atoms with Crippen LogP contribution in [0.5, 0.6) is 0 Å². The number of rotatable bonds is 2. The minimum absolute atomic E-state index is 0.0776. The van der Waals surface area contributed by atoms with E-state index in [-0.39, 0.29) is 24.2 Å². The maximum Gasteiger partial charge on any atom is 0.240 e. The highest BCUT2D eigenvalue weighted by Crippen LogP contribution is 2.43. The van der Waals surface area contributed by atoms with Gasteiger partial charge in [0, 0.05) is 12.1 Å². The molecule has 2 N–H and O–H groups in total. The van der Waals surface area contributed by atoms with E-state index in [1.807, 2.05) is 20.8 Å². The Morgan fingerprint density at radius 2 is 2.00 bits per heavy atom. The minimum Gasteiger partial charge on any atom is -0.399 e. The number of anilines is 2. The predicted molar refractivity (Wildman–Crippen MR) is 75.9 cm³/mol. The molecule has 19 heavy (non-hydrogen) atoms. The summed E-state index contributed by atoms with van der Waals surface area (Å²) in [7, 11) is 0. The summed E-state index contributed by atoms with van der Waals surface area (Å²) in [4.78, 5) is 25.9. The van der Waals surface area contributed by atoms with Crippen molar-refractivity contribution < 1.29 is 9.59 Å². The van der Waals surface area contributed by atoms with Gasteiger partial charge in [0.15, 0.2) is 0 Å². The third kappa shape index (κ3) is 2.10. The van der Waals surface area contributed by atoms with Crippen LogP contribution in [0.15, 0.2) is 18.2 Å². The summed E-state index contributed by atoms with van der Waals surface area (Å²) in [5, 5.41) is 0.351. The molecule has 102 valence electrons. The van der Waals surface area contributed by atoms with Crippen molar-refractivity contribution >= 4 is 34.8 Å². The molecular weight excluding hydrogens is 264 g/mol. The summed E-state index contributed by atoms with van der Waals surface area (Å²) in [5.41, 5.74) is 5.88. The molecule has 0 saturated carbocycles. The third-order valence-corrected chi connectivity index (χ3v) is 4.26. The molecule has 1 aliphatic heterocycles. The second kappa shape index (κ2) is 4.53. The average molecular weight is 281 g/mol. The van der Waals surface area contributed by atoms with Crippen molar-refractivity contribution in [3.05, 3.63) is 23.2 Å². The summed E-state index contributed by atoms with van der Waals surface area (Å²) in [5.74, 6) is -0.359. The fourth-order valence-corrected chi connectivity index (χ4v) is 2.44. The summed E-state index contributed by atoms with van der Waals surface area (Å²) >= 11 is 6.08. The van der Waals surface area contributed by atoms with Crippen LogP contribution in [0.1, 0.15) is 27.2 Å². The molecule has 2 rings (SSSR count). The molecule has 0 spiro atoms. The average Bonchev–Trinajstić information content (AvgIpc) is 2.55. The summed E-state index contributed by atoms with van der Waals surface area (Å²) in [6.45, 7) is 5.70. The zero-order valence-electron chi connectivity index (χ0n) is 11.2. The van der Waals surface area contributed by atoms with Crippen LogP contribution in [0.2, 0.25) is 5.02 Å². The van der Waals surface area contributed by atoms with Crippen LogP contribution in [-0.2, 0) is 9.59 Å². The van der Waals surface area contributed by atoms with Gasteiger partial charge < -0.3 is 5.73 Å². The Hall–Kier alpha value is -1.55. The topological polar surface area (TPSA) is 63.4 Å². The molecular formula is C14H17ClN2O2. The van der Waals surface area contributed by atoms with Gasteiger partial charge >= 0.3 is 0 Å². The van der Waals surface area contributed by atoms with Gasteiger partial charge in [0.2, 0.25) is 11.8 Å². The Morgan fingerprint density at radius 1 is 1.37 bits per heavy atom. The second-order valence-corrected chi connectivity index (χ2v) is 5.90. The van der Waals surface area contributed by atoms with Crippen LogP contribution >= 0.6 is 11.6 Å². The molecule has 4 nitrogen and oxygen atoms in total. The largest absolute Gasteiger partial charge is 0.399 e. The van der Waals surface area contributed by atoms with Crippen LogP contribution in [-0.4, -0.2) is 11.8 Å². The SMILES string of the molecule is CC(C)C1(C)CC(=O)N(c2cc(N)ccc2Cl)C1=O. The lowest BCUT2D eigenvalue weighted by molar-refractivity contribution is -0.126. The van der Waals surface area contributed by atoms with Gasteiger partial charge in [-0.25, -0.2) is 4.90 Å². The second-order valence-electron chi connectivity index (χ2n) is 5.49. The molecule has 5 heteroatoms. The van der Waals surface area contributed by atoms with E-state index in [1.54, 1.807) is 18.2 Å². The van der Waals surface area contributed by atoms with E-state index in [2.05, 4.69) is 0 Å². The van der Waals surface area contributed by atoms with E-state index in [0.717, 1.165) is 0 Å². The number of nitrogens with zero attached hydrogens (tertiary/aromatic N) is 1. The fraction of sp³-hybridized carbons (Fsp3) is 0.429. The van der Waals surface area contributed by atoms with Crippen LogP contribution in [0, 0.1) is 11.3 Å². The zero-order chi connectivity index (χ0) is 14.4. The first kappa shape index (κ1) is 13.9. The number of carbonyl (C=O) groups is 2. The number of hydrogen-bond acceptors (Lipinski definition) is 3. The first-order valence-electron chi connectivity index (χ1n) is 6.20. The summed E-state index contributed by atoms with van der Waals surface area (Å²) in [6, 6.07) is 4.79. The Morgan fingerprint density at radius 3 is 2.53 bits per heavy atom. The normalized spacial score (nSPS) is 23.5. The first-order chi connectivity index (χ1) is 8.77. The standard InChI is InChI=1S/C14H17ClN2O2/c1-8(2)14(3)7-12(18)17(13(14)19)11-6-9(16)4-5-10(11)15/h4-6,8H,7,16H2,1-3H3. The number of carbonyl (C=O) groups excluding carboxylic acids is 2. The molecule has 1 unspecified atom stereocenters. The molecule has 0 aliphatic carbocycles. The van der Waals surface area contributed by atoms with Crippen molar-refractivity contribution in [2.45, 2.75) is 27.2 Å². The van der Waals surface area contributed by atoms with Gasteiger partial charge in [-0.15, -0.1) is 0 Å². The van der Waals surface area contributed by atoms with E-state index in [1.165, 1.54) is 4.90 Å². The first-order valence-corrected chi connectivity index (χ1v) is 6.57. The highest BCUT2D eigenvalue weighted by Gasteiger charge is 2.50. The van der Waals surface area contributed by atoms with Gasteiger partial charge in [0.1, 0.15) is 0 Å². The van der Waals surface area contributed by atoms with Gasteiger partial charge in [0.05, 0.1) is 16.1 Å². The van der Waals surface area contributed by atoms with Crippen molar-refractivity contribution in [2.24, 2.45) is 11.3 Å². The molecule has 1 fully saturated rings. The quantitative estimate of drug-likeness (QED) is 0.669. The molecule has 2 amide bonds. The molecule has 0 radical (unpaired) electrons. The Labute approximate surface area is 117 Å². The number of halogens is 1. The molecule has 1 heterocycles. The van der Waals surface area contributed by atoms with Crippen LogP contribution < -0.4 is 10.6 Å².